The summed E-state index contributed by atoms with van der Waals surface area (Å²) in [5.41, 5.74) is 3.19. The quantitative estimate of drug-likeness (QED) is 0.862. The molecule has 2 heterocycles. The Kier molecular flexibility index (Phi) is 3.98. The van der Waals surface area contributed by atoms with Crippen molar-refractivity contribution in [1.29, 1.82) is 0 Å². The molecule has 1 aromatic carbocycles. The second-order valence-corrected chi connectivity index (χ2v) is 5.73. The van der Waals surface area contributed by atoms with E-state index in [4.69, 9.17) is 4.74 Å². The van der Waals surface area contributed by atoms with Gasteiger partial charge in [-0.15, -0.1) is 0 Å². The molecule has 0 fully saturated rings. The van der Waals surface area contributed by atoms with Crippen LogP contribution in [0, 0.1) is 0 Å². The van der Waals surface area contributed by atoms with Crippen LogP contribution in [0.3, 0.4) is 0 Å². The van der Waals surface area contributed by atoms with Crippen molar-refractivity contribution < 1.29 is 9.53 Å². The summed E-state index contributed by atoms with van der Waals surface area (Å²) in [6.07, 6.45) is 0.580. The third-order valence-corrected chi connectivity index (χ3v) is 3.86. The molecule has 2 aromatic rings. The van der Waals surface area contributed by atoms with Crippen molar-refractivity contribution in [2.45, 2.75) is 19.5 Å². The smallest absolute Gasteiger partial charge is 0.357 e. The van der Waals surface area contributed by atoms with Gasteiger partial charge in [-0.1, -0.05) is 28.1 Å². The molecule has 1 N–H and O–H groups in total. The van der Waals surface area contributed by atoms with Crippen molar-refractivity contribution in [2.24, 2.45) is 0 Å². The van der Waals surface area contributed by atoms with Gasteiger partial charge in [0.05, 0.1) is 12.8 Å². The number of methoxy groups -OCH3 is 1. The average Bonchev–Trinajstić information content (AvgIpc) is 2.94. The van der Waals surface area contributed by atoms with Gasteiger partial charge in [-0.2, -0.15) is 0 Å². The van der Waals surface area contributed by atoms with E-state index in [1.165, 1.54) is 7.11 Å². The number of ether oxygens (including phenoxy) is 1. The summed E-state index contributed by atoms with van der Waals surface area (Å²) in [5, 5.41) is 3.19. The van der Waals surface area contributed by atoms with E-state index in [2.05, 4.69) is 31.2 Å². The molecule has 0 unspecified atom stereocenters. The fourth-order valence-corrected chi connectivity index (χ4v) is 2.84. The monoisotopic (exact) mass is 347 g/mol. The molecule has 6 heteroatoms. The molecule has 1 aliphatic heterocycles. The number of esters is 1. The molecule has 0 radical (unpaired) electrons. The first-order chi connectivity index (χ1) is 10.2. The predicted molar refractivity (Wildman–Crippen MR) is 80.9 cm³/mol. The van der Waals surface area contributed by atoms with Crippen LogP contribution in [0.2, 0.25) is 0 Å². The van der Waals surface area contributed by atoms with Gasteiger partial charge in [0, 0.05) is 29.5 Å². The summed E-state index contributed by atoms with van der Waals surface area (Å²) < 4.78 is 5.83. The lowest BCUT2D eigenvalue weighted by Crippen LogP contribution is -2.13. The number of hydrogen-bond donors (Lipinski definition) is 1. The van der Waals surface area contributed by atoms with Crippen LogP contribution in [0.25, 0.3) is 0 Å². The summed E-state index contributed by atoms with van der Waals surface area (Å²) in [4.78, 5) is 20.8. The van der Waals surface area contributed by atoms with E-state index in [9.17, 15) is 4.79 Å². The minimum atomic E-state index is -0.409. The minimum Gasteiger partial charge on any atom is -0.464 e. The zero-order valence-electron chi connectivity index (χ0n) is 11.5. The van der Waals surface area contributed by atoms with E-state index in [0.29, 0.717) is 31.0 Å². The summed E-state index contributed by atoms with van der Waals surface area (Å²) in [5.74, 6) is 0.226. The highest BCUT2D eigenvalue weighted by Gasteiger charge is 2.23. The standard InChI is InChI=1S/C15H14BrN3O2/c1-21-15(20)14-11-7-17-8-12(11)18-13(19-14)6-9-3-2-4-10(16)5-9/h2-5,17H,6-8H2,1H3. The van der Waals surface area contributed by atoms with Crippen LogP contribution in [0.4, 0.5) is 0 Å². The molecule has 0 saturated heterocycles. The molecule has 0 atom stereocenters. The Hall–Kier alpha value is -1.79. The van der Waals surface area contributed by atoms with Gasteiger partial charge in [0.15, 0.2) is 5.69 Å². The van der Waals surface area contributed by atoms with E-state index in [1.54, 1.807) is 0 Å². The Morgan fingerprint density at radius 3 is 3.00 bits per heavy atom. The molecule has 108 valence electrons. The Balaban J connectivity index is 1.98. The fourth-order valence-electron chi connectivity index (χ4n) is 2.39. The zero-order chi connectivity index (χ0) is 14.8. The number of hydrogen-bond acceptors (Lipinski definition) is 5. The van der Waals surface area contributed by atoms with Crippen molar-refractivity contribution in [2.75, 3.05) is 7.11 Å². The molecule has 0 aliphatic carbocycles. The highest BCUT2D eigenvalue weighted by atomic mass is 79.9. The van der Waals surface area contributed by atoms with Gasteiger partial charge in [-0.05, 0) is 17.7 Å². The molecule has 3 rings (SSSR count). The number of rotatable bonds is 3. The van der Waals surface area contributed by atoms with Crippen LogP contribution in [0.15, 0.2) is 28.7 Å². The van der Waals surface area contributed by atoms with Crippen molar-refractivity contribution in [3.63, 3.8) is 0 Å². The summed E-state index contributed by atoms with van der Waals surface area (Å²) in [6, 6.07) is 7.97. The van der Waals surface area contributed by atoms with E-state index < -0.39 is 5.97 Å². The number of carbonyl (C=O) groups excluding carboxylic acids is 1. The number of fused-ring (bicyclic) bond motifs is 1. The second-order valence-electron chi connectivity index (χ2n) is 4.82. The Bertz CT molecular complexity index is 703. The first kappa shape index (κ1) is 14.2. The summed E-state index contributed by atoms with van der Waals surface area (Å²) in [7, 11) is 1.37. The van der Waals surface area contributed by atoms with Gasteiger partial charge in [-0.3, -0.25) is 0 Å². The molecule has 0 saturated carbocycles. The number of nitrogens with one attached hydrogen (secondary N) is 1. The molecule has 5 nitrogen and oxygen atoms in total. The summed E-state index contributed by atoms with van der Waals surface area (Å²) in [6.45, 7) is 1.27. The topological polar surface area (TPSA) is 64.1 Å². The van der Waals surface area contributed by atoms with Crippen molar-refractivity contribution in [3.8, 4) is 0 Å². The zero-order valence-corrected chi connectivity index (χ0v) is 13.1. The van der Waals surface area contributed by atoms with Crippen LogP contribution in [0.1, 0.15) is 33.1 Å². The lowest BCUT2D eigenvalue weighted by atomic mass is 10.1. The molecular formula is C15H14BrN3O2. The SMILES string of the molecule is COC(=O)c1nc(Cc2cccc(Br)c2)nc2c1CNC2. The van der Waals surface area contributed by atoms with Crippen molar-refractivity contribution in [1.82, 2.24) is 15.3 Å². The molecule has 0 spiro atoms. The van der Waals surface area contributed by atoms with Crippen LogP contribution in [-0.2, 0) is 24.2 Å². The van der Waals surface area contributed by atoms with Crippen LogP contribution in [0.5, 0.6) is 0 Å². The van der Waals surface area contributed by atoms with Gasteiger partial charge < -0.3 is 10.1 Å². The maximum atomic E-state index is 11.9. The average molecular weight is 348 g/mol. The second kappa shape index (κ2) is 5.91. The van der Waals surface area contributed by atoms with Crippen LogP contribution >= 0.6 is 15.9 Å². The molecule has 1 aliphatic rings. The molecule has 21 heavy (non-hydrogen) atoms. The highest BCUT2D eigenvalue weighted by Crippen LogP contribution is 2.20. The van der Waals surface area contributed by atoms with Gasteiger partial charge in [0.25, 0.3) is 0 Å². The van der Waals surface area contributed by atoms with E-state index in [0.717, 1.165) is 21.3 Å². The highest BCUT2D eigenvalue weighted by molar-refractivity contribution is 9.10. The third-order valence-electron chi connectivity index (χ3n) is 3.36. The molecule has 0 bridgehead atoms. The number of carbonyl (C=O) groups is 1. The largest absolute Gasteiger partial charge is 0.464 e. The Labute approximate surface area is 130 Å². The number of benzene rings is 1. The van der Waals surface area contributed by atoms with Crippen molar-refractivity contribution >= 4 is 21.9 Å². The minimum absolute atomic E-state index is 0.373. The lowest BCUT2D eigenvalue weighted by molar-refractivity contribution is 0.0592. The van der Waals surface area contributed by atoms with Crippen LogP contribution < -0.4 is 5.32 Å². The Morgan fingerprint density at radius 1 is 1.38 bits per heavy atom. The van der Waals surface area contributed by atoms with Crippen molar-refractivity contribution in [3.05, 3.63) is 57.1 Å². The molecular weight excluding hydrogens is 334 g/mol. The van der Waals surface area contributed by atoms with Gasteiger partial charge >= 0.3 is 5.97 Å². The van der Waals surface area contributed by atoms with Gasteiger partial charge in [-0.25, -0.2) is 14.8 Å². The Morgan fingerprint density at radius 2 is 2.24 bits per heavy atom. The predicted octanol–water partition coefficient (Wildman–Crippen LogP) is 2.22. The number of nitrogens with zero attached hydrogens (tertiary/aromatic N) is 2. The molecule has 0 amide bonds. The van der Waals surface area contributed by atoms with E-state index >= 15 is 0 Å². The fraction of sp³-hybridized carbons (Fsp3) is 0.267. The van der Waals surface area contributed by atoms with Gasteiger partial charge in [0.2, 0.25) is 0 Å². The maximum Gasteiger partial charge on any atom is 0.357 e. The first-order valence-corrected chi connectivity index (χ1v) is 7.39. The first-order valence-electron chi connectivity index (χ1n) is 6.59. The third kappa shape index (κ3) is 2.96. The summed E-state index contributed by atoms with van der Waals surface area (Å²) >= 11 is 3.45. The number of halogens is 1. The normalized spacial score (nSPS) is 13.0. The molecule has 1 aromatic heterocycles. The number of aromatic nitrogens is 2. The van der Waals surface area contributed by atoms with Crippen LogP contribution in [-0.4, -0.2) is 23.0 Å². The van der Waals surface area contributed by atoms with E-state index in [-0.39, 0.29) is 0 Å². The lowest BCUT2D eigenvalue weighted by Gasteiger charge is -2.08. The van der Waals surface area contributed by atoms with Gasteiger partial charge in [0.1, 0.15) is 5.82 Å². The van der Waals surface area contributed by atoms with E-state index in [1.807, 2.05) is 24.3 Å². The maximum absolute atomic E-state index is 11.9.